The summed E-state index contributed by atoms with van der Waals surface area (Å²) in [6, 6.07) is 20.2. The van der Waals surface area contributed by atoms with Crippen molar-refractivity contribution in [1.29, 1.82) is 0 Å². The molecule has 0 bridgehead atoms. The van der Waals surface area contributed by atoms with Crippen molar-refractivity contribution in [2.45, 2.75) is 18.2 Å². The molecular weight excluding hydrogens is 482 g/mol. The van der Waals surface area contributed by atoms with Crippen molar-refractivity contribution in [2.75, 3.05) is 24.7 Å². The Balaban J connectivity index is 1.31. The highest BCUT2D eigenvalue weighted by Gasteiger charge is 2.09. The van der Waals surface area contributed by atoms with Gasteiger partial charge in [-0.25, -0.2) is 5.43 Å². The molecule has 0 aliphatic heterocycles. The molecule has 4 rings (SSSR count). The third kappa shape index (κ3) is 6.93. The molecule has 35 heavy (non-hydrogen) atoms. The molecule has 0 aliphatic carbocycles. The van der Waals surface area contributed by atoms with Crippen molar-refractivity contribution in [3.05, 3.63) is 71.2 Å². The van der Waals surface area contributed by atoms with E-state index in [2.05, 4.69) is 57.1 Å². The highest BCUT2D eigenvalue weighted by atomic mass is 32.2. The van der Waals surface area contributed by atoms with Gasteiger partial charge in [0.15, 0.2) is 11.5 Å². The zero-order valence-electron chi connectivity index (χ0n) is 19.1. The van der Waals surface area contributed by atoms with Crippen LogP contribution in [0.3, 0.4) is 0 Å². The Kier molecular flexibility index (Phi) is 8.53. The molecule has 0 atom stereocenters. The lowest BCUT2D eigenvalue weighted by molar-refractivity contribution is -0.120. The molecule has 0 spiro atoms. The Morgan fingerprint density at radius 1 is 1.11 bits per heavy atom. The number of nitrogens with zero attached hydrogens (tertiary/aromatic N) is 3. The molecule has 1 heterocycles. The Labute approximate surface area is 211 Å². The first-order valence-electron chi connectivity index (χ1n) is 11.0. The van der Waals surface area contributed by atoms with Gasteiger partial charge in [-0.15, -0.1) is 22.0 Å². The summed E-state index contributed by atoms with van der Waals surface area (Å²) in [5.41, 5.74) is 8.78. The van der Waals surface area contributed by atoms with Crippen LogP contribution in [0.15, 0.2) is 70.7 Å². The highest BCUT2D eigenvalue weighted by Crippen LogP contribution is 2.30. The van der Waals surface area contributed by atoms with Gasteiger partial charge in [-0.2, -0.15) is 5.10 Å². The Bertz CT molecular complexity index is 1320. The second-order valence-electron chi connectivity index (χ2n) is 7.32. The van der Waals surface area contributed by atoms with Gasteiger partial charge >= 0.3 is 0 Å². The Morgan fingerprint density at radius 2 is 1.97 bits per heavy atom. The maximum absolute atomic E-state index is 12.0. The SMILES string of the molecule is CCOc1cc(/C=N/NC(=O)Cc2nnc(N)s2)ccc1OCCSc1cccc2ccccc12. The van der Waals surface area contributed by atoms with Gasteiger partial charge in [0.05, 0.1) is 25.8 Å². The van der Waals surface area contributed by atoms with E-state index in [4.69, 9.17) is 15.2 Å². The summed E-state index contributed by atoms with van der Waals surface area (Å²) >= 11 is 2.94. The standard InChI is InChI=1S/C25H25N5O3S2/c1-2-32-21-14-17(16-27-28-23(31)15-24-29-30-25(26)35-24)10-11-20(21)33-12-13-34-22-9-5-7-18-6-3-4-8-19(18)22/h3-11,14,16H,2,12-13,15H2,1H3,(H2,26,30)(H,28,31)/b27-16+. The molecule has 10 heteroatoms. The Morgan fingerprint density at radius 3 is 2.80 bits per heavy atom. The number of benzene rings is 3. The van der Waals surface area contributed by atoms with Gasteiger partial charge in [0.25, 0.3) is 0 Å². The van der Waals surface area contributed by atoms with Crippen molar-refractivity contribution in [2.24, 2.45) is 5.10 Å². The molecule has 1 aromatic heterocycles. The molecular formula is C25H25N5O3S2. The molecule has 3 N–H and O–H groups in total. The molecule has 0 aliphatic rings. The summed E-state index contributed by atoms with van der Waals surface area (Å²) in [7, 11) is 0. The van der Waals surface area contributed by atoms with Crippen LogP contribution in [0.2, 0.25) is 0 Å². The topological polar surface area (TPSA) is 112 Å². The van der Waals surface area contributed by atoms with E-state index in [0.717, 1.165) is 11.3 Å². The lowest BCUT2D eigenvalue weighted by Gasteiger charge is -2.13. The van der Waals surface area contributed by atoms with Crippen molar-refractivity contribution in [3.63, 3.8) is 0 Å². The number of aromatic nitrogens is 2. The molecule has 0 radical (unpaired) electrons. The molecule has 1 amide bonds. The number of fused-ring (bicyclic) bond motifs is 1. The molecule has 0 unspecified atom stereocenters. The molecule has 0 saturated carbocycles. The van der Waals surface area contributed by atoms with Crippen molar-refractivity contribution < 1.29 is 14.3 Å². The first-order valence-corrected chi connectivity index (χ1v) is 12.8. The number of hydrogen-bond acceptors (Lipinski definition) is 9. The number of hydrogen-bond donors (Lipinski definition) is 2. The molecule has 0 fully saturated rings. The van der Waals surface area contributed by atoms with Crippen molar-refractivity contribution >= 4 is 51.1 Å². The number of carbonyl (C=O) groups is 1. The summed E-state index contributed by atoms with van der Waals surface area (Å²) < 4.78 is 11.8. The maximum Gasteiger partial charge on any atom is 0.247 e. The minimum atomic E-state index is -0.300. The first kappa shape index (κ1) is 24.5. The molecule has 0 saturated heterocycles. The van der Waals surface area contributed by atoms with Gasteiger partial charge in [0, 0.05) is 10.6 Å². The predicted molar refractivity (Wildman–Crippen MR) is 142 cm³/mol. The number of anilines is 1. The number of amides is 1. The summed E-state index contributed by atoms with van der Waals surface area (Å²) in [6.45, 7) is 2.96. The molecule has 180 valence electrons. The monoisotopic (exact) mass is 507 g/mol. The van der Waals surface area contributed by atoms with E-state index in [1.54, 1.807) is 18.0 Å². The summed E-state index contributed by atoms with van der Waals surface area (Å²) in [5.74, 6) is 1.79. The number of nitrogens with two attached hydrogens (primary N) is 1. The fourth-order valence-corrected chi connectivity index (χ4v) is 4.82. The van der Waals surface area contributed by atoms with E-state index in [1.807, 2.05) is 31.2 Å². The Hall–Kier alpha value is -3.63. The minimum Gasteiger partial charge on any atom is -0.490 e. The molecule has 3 aromatic carbocycles. The van der Waals surface area contributed by atoms with Crippen molar-refractivity contribution in [1.82, 2.24) is 15.6 Å². The number of hydrazone groups is 1. The zero-order valence-corrected chi connectivity index (χ0v) is 20.8. The van der Waals surface area contributed by atoms with Crippen LogP contribution >= 0.6 is 23.1 Å². The van der Waals surface area contributed by atoms with E-state index in [0.29, 0.717) is 34.9 Å². The number of ether oxygens (including phenoxy) is 2. The number of carbonyl (C=O) groups excluding carboxylic acids is 1. The average Bonchev–Trinajstić information content (AvgIpc) is 3.27. The van der Waals surface area contributed by atoms with E-state index >= 15 is 0 Å². The predicted octanol–water partition coefficient (Wildman–Crippen LogP) is 4.54. The van der Waals surface area contributed by atoms with Crippen LogP contribution in [0.4, 0.5) is 5.13 Å². The number of rotatable bonds is 11. The zero-order chi connectivity index (χ0) is 24.5. The van der Waals surface area contributed by atoms with Gasteiger partial charge in [0.2, 0.25) is 11.0 Å². The minimum absolute atomic E-state index is 0.0694. The fourth-order valence-electron chi connectivity index (χ4n) is 3.31. The first-order chi connectivity index (χ1) is 17.1. The summed E-state index contributed by atoms with van der Waals surface area (Å²) in [6.07, 6.45) is 1.62. The average molecular weight is 508 g/mol. The highest BCUT2D eigenvalue weighted by molar-refractivity contribution is 7.99. The lowest BCUT2D eigenvalue weighted by Crippen LogP contribution is -2.19. The summed E-state index contributed by atoms with van der Waals surface area (Å²) in [5, 5.41) is 14.9. The van der Waals surface area contributed by atoms with Crippen LogP contribution in [0.25, 0.3) is 10.8 Å². The molecule has 4 aromatic rings. The fraction of sp³-hybridized carbons (Fsp3) is 0.200. The van der Waals surface area contributed by atoms with Crippen LogP contribution in [0, 0.1) is 0 Å². The van der Waals surface area contributed by atoms with Crippen LogP contribution in [-0.2, 0) is 11.2 Å². The van der Waals surface area contributed by atoms with Crippen LogP contribution < -0.4 is 20.6 Å². The maximum atomic E-state index is 12.0. The second kappa shape index (κ2) is 12.2. The van der Waals surface area contributed by atoms with Crippen LogP contribution in [0.1, 0.15) is 17.5 Å². The smallest absolute Gasteiger partial charge is 0.247 e. The van der Waals surface area contributed by atoms with Crippen LogP contribution in [-0.4, -0.2) is 41.3 Å². The second-order valence-corrected chi connectivity index (χ2v) is 9.55. The number of nitrogens with one attached hydrogen (secondary N) is 1. The van der Waals surface area contributed by atoms with Gasteiger partial charge in [-0.3, -0.25) is 4.79 Å². The van der Waals surface area contributed by atoms with E-state index < -0.39 is 0 Å². The third-order valence-corrected chi connectivity index (χ3v) is 6.60. The van der Waals surface area contributed by atoms with Gasteiger partial charge in [-0.05, 0) is 47.5 Å². The van der Waals surface area contributed by atoms with Gasteiger partial charge in [-0.1, -0.05) is 47.7 Å². The number of nitrogen functional groups attached to an aromatic ring is 1. The van der Waals surface area contributed by atoms with Crippen molar-refractivity contribution in [3.8, 4) is 11.5 Å². The van der Waals surface area contributed by atoms with E-state index in [-0.39, 0.29) is 12.3 Å². The normalized spacial score (nSPS) is 11.1. The third-order valence-electron chi connectivity index (χ3n) is 4.81. The number of thioether (sulfide) groups is 1. The lowest BCUT2D eigenvalue weighted by atomic mass is 10.1. The van der Waals surface area contributed by atoms with E-state index in [9.17, 15) is 4.79 Å². The van der Waals surface area contributed by atoms with Gasteiger partial charge < -0.3 is 15.2 Å². The van der Waals surface area contributed by atoms with E-state index in [1.165, 1.54) is 27.0 Å². The molecule has 8 nitrogen and oxygen atoms in total. The summed E-state index contributed by atoms with van der Waals surface area (Å²) in [4.78, 5) is 13.2. The van der Waals surface area contributed by atoms with Crippen LogP contribution in [0.5, 0.6) is 11.5 Å². The van der Waals surface area contributed by atoms with Gasteiger partial charge in [0.1, 0.15) is 5.01 Å². The quantitative estimate of drug-likeness (QED) is 0.133. The largest absolute Gasteiger partial charge is 0.490 e.